The molecule has 0 saturated heterocycles. The number of rotatable bonds is 2. The van der Waals surface area contributed by atoms with E-state index in [-0.39, 0.29) is 0 Å². The van der Waals surface area contributed by atoms with Gasteiger partial charge in [0.2, 0.25) is 0 Å². The molecule has 0 nitrogen and oxygen atoms in total. The van der Waals surface area contributed by atoms with Crippen molar-refractivity contribution >= 4 is 5.57 Å². The van der Waals surface area contributed by atoms with Crippen LogP contribution in [0.5, 0.6) is 0 Å². The van der Waals surface area contributed by atoms with E-state index < -0.39 is 0 Å². The number of allylic oxidation sites excluding steroid dienone is 4. The highest BCUT2D eigenvalue weighted by Crippen LogP contribution is 2.18. The molecule has 0 unspecified atom stereocenters. The SMILES string of the molecule is C/C=C(\C=C(C)C)c1cccc(C)c1. The van der Waals surface area contributed by atoms with Gasteiger partial charge in [0.25, 0.3) is 0 Å². The van der Waals surface area contributed by atoms with Crippen LogP contribution in [-0.2, 0) is 0 Å². The predicted octanol–water partition coefficient (Wildman–Crippen LogP) is 4.36. The van der Waals surface area contributed by atoms with Crippen molar-refractivity contribution in [1.29, 1.82) is 0 Å². The molecular formula is C14H18. The summed E-state index contributed by atoms with van der Waals surface area (Å²) in [6.07, 6.45) is 4.37. The monoisotopic (exact) mass is 186 g/mol. The Bertz CT molecular complexity index is 363. The molecule has 0 heteroatoms. The molecule has 1 aromatic carbocycles. The summed E-state index contributed by atoms with van der Waals surface area (Å²) in [4.78, 5) is 0. The Morgan fingerprint density at radius 1 is 1.21 bits per heavy atom. The molecule has 1 rings (SSSR count). The lowest BCUT2D eigenvalue weighted by Gasteiger charge is -2.04. The molecular weight excluding hydrogens is 168 g/mol. The third-order valence-electron chi connectivity index (χ3n) is 2.11. The first-order chi connectivity index (χ1) is 6.63. The average molecular weight is 186 g/mol. The van der Waals surface area contributed by atoms with Crippen LogP contribution < -0.4 is 0 Å². The molecule has 1 aromatic rings. The fourth-order valence-electron chi connectivity index (χ4n) is 1.47. The van der Waals surface area contributed by atoms with Crippen LogP contribution in [0.25, 0.3) is 5.57 Å². The van der Waals surface area contributed by atoms with Gasteiger partial charge < -0.3 is 0 Å². The van der Waals surface area contributed by atoms with Gasteiger partial charge in [-0.3, -0.25) is 0 Å². The molecule has 14 heavy (non-hydrogen) atoms. The summed E-state index contributed by atoms with van der Waals surface area (Å²) in [6, 6.07) is 8.60. The molecule has 0 aromatic heterocycles. The van der Waals surface area contributed by atoms with Crippen molar-refractivity contribution in [1.82, 2.24) is 0 Å². The third-order valence-corrected chi connectivity index (χ3v) is 2.11. The fourth-order valence-corrected chi connectivity index (χ4v) is 1.47. The second-order valence-electron chi connectivity index (χ2n) is 3.84. The quantitative estimate of drug-likeness (QED) is 0.602. The zero-order valence-corrected chi connectivity index (χ0v) is 9.46. The van der Waals surface area contributed by atoms with E-state index >= 15 is 0 Å². The second-order valence-corrected chi connectivity index (χ2v) is 3.84. The van der Waals surface area contributed by atoms with Gasteiger partial charge in [-0.1, -0.05) is 47.6 Å². The zero-order chi connectivity index (χ0) is 10.6. The first-order valence-electron chi connectivity index (χ1n) is 5.01. The van der Waals surface area contributed by atoms with Crippen molar-refractivity contribution in [2.24, 2.45) is 0 Å². The molecule has 0 aliphatic heterocycles. The van der Waals surface area contributed by atoms with Crippen LogP contribution in [0.1, 0.15) is 31.9 Å². The highest BCUT2D eigenvalue weighted by atomic mass is 14.0. The second kappa shape index (κ2) is 4.80. The average Bonchev–Trinajstić information content (AvgIpc) is 2.14. The summed E-state index contributed by atoms with van der Waals surface area (Å²) < 4.78 is 0. The Morgan fingerprint density at radius 3 is 2.43 bits per heavy atom. The maximum atomic E-state index is 2.22. The molecule has 74 valence electrons. The lowest BCUT2D eigenvalue weighted by atomic mass is 10.0. The normalized spacial score (nSPS) is 11.3. The minimum atomic E-state index is 1.30. The summed E-state index contributed by atoms with van der Waals surface area (Å²) in [7, 11) is 0. The molecule has 0 spiro atoms. The van der Waals surface area contributed by atoms with Crippen molar-refractivity contribution in [3.8, 4) is 0 Å². The standard InChI is InChI=1S/C14H18/c1-5-13(9-11(2)3)14-8-6-7-12(4)10-14/h5-10H,1-4H3/b13-5+. The molecule has 0 radical (unpaired) electrons. The van der Waals surface area contributed by atoms with Gasteiger partial charge in [-0.05, 0) is 38.8 Å². The van der Waals surface area contributed by atoms with E-state index in [4.69, 9.17) is 0 Å². The third kappa shape index (κ3) is 2.88. The summed E-state index contributed by atoms with van der Waals surface area (Å²) in [6.45, 7) is 8.45. The highest BCUT2D eigenvalue weighted by molar-refractivity contribution is 5.74. The molecule has 0 fully saturated rings. The Morgan fingerprint density at radius 2 is 1.93 bits per heavy atom. The maximum absolute atomic E-state index is 2.22. The molecule has 0 aliphatic carbocycles. The van der Waals surface area contributed by atoms with Crippen LogP contribution in [-0.4, -0.2) is 0 Å². The van der Waals surface area contributed by atoms with E-state index in [1.807, 2.05) is 0 Å². The van der Waals surface area contributed by atoms with E-state index in [1.54, 1.807) is 0 Å². The van der Waals surface area contributed by atoms with Crippen LogP contribution >= 0.6 is 0 Å². The van der Waals surface area contributed by atoms with Gasteiger partial charge in [0.1, 0.15) is 0 Å². The van der Waals surface area contributed by atoms with Crippen LogP contribution in [0.2, 0.25) is 0 Å². The molecule has 0 heterocycles. The van der Waals surface area contributed by atoms with Gasteiger partial charge in [-0.2, -0.15) is 0 Å². The lowest BCUT2D eigenvalue weighted by Crippen LogP contribution is -1.82. The number of aryl methyl sites for hydroxylation is 1. The minimum absolute atomic E-state index is 1.30. The number of benzene rings is 1. The van der Waals surface area contributed by atoms with E-state index in [0.29, 0.717) is 0 Å². The molecule has 0 N–H and O–H groups in total. The van der Waals surface area contributed by atoms with E-state index in [2.05, 4.69) is 64.1 Å². The number of hydrogen-bond donors (Lipinski definition) is 0. The van der Waals surface area contributed by atoms with Crippen molar-refractivity contribution in [2.75, 3.05) is 0 Å². The van der Waals surface area contributed by atoms with Crippen molar-refractivity contribution < 1.29 is 0 Å². The van der Waals surface area contributed by atoms with Crippen molar-refractivity contribution in [3.05, 3.63) is 53.1 Å². The molecule has 0 atom stereocenters. The van der Waals surface area contributed by atoms with Crippen LogP contribution in [0.4, 0.5) is 0 Å². The fraction of sp³-hybridized carbons (Fsp3) is 0.286. The van der Waals surface area contributed by atoms with Crippen molar-refractivity contribution in [3.63, 3.8) is 0 Å². The van der Waals surface area contributed by atoms with Gasteiger partial charge in [-0.15, -0.1) is 0 Å². The smallest absolute Gasteiger partial charge is 0.0185 e. The molecule has 0 amide bonds. The maximum Gasteiger partial charge on any atom is -0.0185 e. The summed E-state index contributed by atoms with van der Waals surface area (Å²) >= 11 is 0. The largest absolute Gasteiger partial charge is 0.0798 e. The first-order valence-corrected chi connectivity index (χ1v) is 5.01. The van der Waals surface area contributed by atoms with Crippen molar-refractivity contribution in [2.45, 2.75) is 27.7 Å². The van der Waals surface area contributed by atoms with E-state index in [0.717, 1.165) is 0 Å². The Balaban J connectivity index is 3.09. The van der Waals surface area contributed by atoms with Crippen LogP contribution in [0.15, 0.2) is 42.0 Å². The van der Waals surface area contributed by atoms with Gasteiger partial charge in [0.05, 0.1) is 0 Å². The summed E-state index contributed by atoms with van der Waals surface area (Å²) in [5, 5.41) is 0. The Kier molecular flexibility index (Phi) is 3.70. The van der Waals surface area contributed by atoms with Gasteiger partial charge >= 0.3 is 0 Å². The Labute approximate surface area is 87.0 Å². The number of hydrogen-bond acceptors (Lipinski definition) is 0. The van der Waals surface area contributed by atoms with Gasteiger partial charge in [-0.25, -0.2) is 0 Å². The zero-order valence-electron chi connectivity index (χ0n) is 9.46. The molecule has 0 saturated carbocycles. The first kappa shape index (κ1) is 10.8. The lowest BCUT2D eigenvalue weighted by molar-refractivity contribution is 1.38. The predicted molar refractivity (Wildman–Crippen MR) is 64.3 cm³/mol. The van der Waals surface area contributed by atoms with Crippen LogP contribution in [0, 0.1) is 6.92 Å². The minimum Gasteiger partial charge on any atom is -0.0798 e. The molecule has 0 bridgehead atoms. The van der Waals surface area contributed by atoms with Gasteiger partial charge in [0.15, 0.2) is 0 Å². The van der Waals surface area contributed by atoms with E-state index in [9.17, 15) is 0 Å². The van der Waals surface area contributed by atoms with E-state index in [1.165, 1.54) is 22.3 Å². The summed E-state index contributed by atoms with van der Waals surface area (Å²) in [5.74, 6) is 0. The topological polar surface area (TPSA) is 0 Å². The van der Waals surface area contributed by atoms with Crippen LogP contribution in [0.3, 0.4) is 0 Å². The highest BCUT2D eigenvalue weighted by Gasteiger charge is 1.96. The van der Waals surface area contributed by atoms with Gasteiger partial charge in [0, 0.05) is 0 Å². The summed E-state index contributed by atoms with van der Waals surface area (Å²) in [5.41, 5.74) is 5.24. The molecule has 0 aliphatic rings. The Hall–Kier alpha value is -1.30.